The second kappa shape index (κ2) is 3.46. The van der Waals surface area contributed by atoms with E-state index in [1.807, 2.05) is 0 Å². The number of benzene rings is 1. The minimum absolute atomic E-state index is 0.0122. The molecule has 0 saturated heterocycles. The first kappa shape index (κ1) is 10.2. The first-order valence-corrected chi connectivity index (χ1v) is 4.43. The number of hydrogen-bond donors (Lipinski definition) is 1. The normalized spacial score (nSPS) is 10.2. The lowest BCUT2D eigenvalue weighted by molar-refractivity contribution is 0.0695. The molecule has 0 aliphatic carbocycles. The van der Waals surface area contributed by atoms with Gasteiger partial charge in [0.25, 0.3) is 0 Å². The SMILES string of the molecule is Cc1c(C(=O)O)cc(F)c(Br)c1C. The lowest BCUT2D eigenvalue weighted by atomic mass is 10.0. The zero-order valence-corrected chi connectivity index (χ0v) is 8.77. The fourth-order valence-electron chi connectivity index (χ4n) is 1.07. The van der Waals surface area contributed by atoms with Crippen molar-refractivity contribution in [1.29, 1.82) is 0 Å². The summed E-state index contributed by atoms with van der Waals surface area (Å²) >= 11 is 3.05. The van der Waals surface area contributed by atoms with E-state index < -0.39 is 11.8 Å². The Hall–Kier alpha value is -0.900. The van der Waals surface area contributed by atoms with Crippen molar-refractivity contribution in [1.82, 2.24) is 0 Å². The molecule has 0 heterocycles. The Morgan fingerprint density at radius 2 is 2.00 bits per heavy atom. The third-order valence-corrected chi connectivity index (χ3v) is 2.98. The standard InChI is InChI=1S/C9H8BrFO2/c1-4-5(2)8(10)7(11)3-6(4)9(12)13/h3H,1-2H3,(H,12,13). The average Bonchev–Trinajstić information content (AvgIpc) is 2.07. The number of carboxylic acids is 1. The van der Waals surface area contributed by atoms with Gasteiger partial charge < -0.3 is 5.11 Å². The Labute approximate surface area is 83.5 Å². The van der Waals surface area contributed by atoms with Crippen LogP contribution in [0.5, 0.6) is 0 Å². The lowest BCUT2D eigenvalue weighted by Gasteiger charge is -2.07. The highest BCUT2D eigenvalue weighted by Gasteiger charge is 2.14. The summed E-state index contributed by atoms with van der Waals surface area (Å²) in [4.78, 5) is 10.7. The van der Waals surface area contributed by atoms with Gasteiger partial charge in [0, 0.05) is 0 Å². The summed E-state index contributed by atoms with van der Waals surface area (Å²) in [7, 11) is 0. The average molecular weight is 247 g/mol. The van der Waals surface area contributed by atoms with E-state index in [4.69, 9.17) is 5.11 Å². The third-order valence-electron chi connectivity index (χ3n) is 2.01. The van der Waals surface area contributed by atoms with Crippen LogP contribution in [0.25, 0.3) is 0 Å². The number of aromatic carboxylic acids is 1. The molecule has 1 aromatic carbocycles. The number of carbonyl (C=O) groups is 1. The molecule has 0 radical (unpaired) electrons. The fraction of sp³-hybridized carbons (Fsp3) is 0.222. The molecule has 4 heteroatoms. The molecule has 0 fully saturated rings. The Balaban J connectivity index is 3.50. The van der Waals surface area contributed by atoms with Crippen molar-refractivity contribution in [3.05, 3.63) is 33.0 Å². The second-order valence-electron chi connectivity index (χ2n) is 2.78. The largest absolute Gasteiger partial charge is 0.478 e. The molecule has 0 atom stereocenters. The predicted octanol–water partition coefficient (Wildman–Crippen LogP) is 2.90. The van der Waals surface area contributed by atoms with Crippen LogP contribution in [0.2, 0.25) is 0 Å². The fourth-order valence-corrected chi connectivity index (χ4v) is 1.48. The van der Waals surface area contributed by atoms with Crippen LogP contribution in [0.15, 0.2) is 10.5 Å². The first-order valence-electron chi connectivity index (χ1n) is 3.63. The van der Waals surface area contributed by atoms with Gasteiger partial charge in [-0.05, 0) is 47.0 Å². The summed E-state index contributed by atoms with van der Waals surface area (Å²) in [5.74, 6) is -1.65. The van der Waals surface area contributed by atoms with E-state index in [2.05, 4.69) is 15.9 Å². The lowest BCUT2D eigenvalue weighted by Crippen LogP contribution is -2.03. The molecule has 0 amide bonds. The van der Waals surface area contributed by atoms with E-state index in [1.54, 1.807) is 13.8 Å². The molecular formula is C9H8BrFO2. The van der Waals surface area contributed by atoms with Crippen LogP contribution in [0.3, 0.4) is 0 Å². The van der Waals surface area contributed by atoms with Gasteiger partial charge in [-0.1, -0.05) is 0 Å². The van der Waals surface area contributed by atoms with E-state index in [0.717, 1.165) is 6.07 Å². The van der Waals surface area contributed by atoms with Crippen LogP contribution in [0.4, 0.5) is 4.39 Å². The maximum atomic E-state index is 13.1. The summed E-state index contributed by atoms with van der Waals surface area (Å²) in [6, 6.07) is 1.02. The van der Waals surface area contributed by atoms with Gasteiger partial charge in [-0.25, -0.2) is 9.18 Å². The molecule has 0 aliphatic rings. The van der Waals surface area contributed by atoms with Gasteiger partial charge in [0.1, 0.15) is 5.82 Å². The van der Waals surface area contributed by atoms with Crippen molar-refractivity contribution in [2.24, 2.45) is 0 Å². The molecule has 13 heavy (non-hydrogen) atoms. The molecule has 1 rings (SSSR count). The maximum absolute atomic E-state index is 13.1. The maximum Gasteiger partial charge on any atom is 0.336 e. The molecule has 0 unspecified atom stereocenters. The molecule has 1 aromatic rings. The second-order valence-corrected chi connectivity index (χ2v) is 3.57. The van der Waals surface area contributed by atoms with Gasteiger partial charge >= 0.3 is 5.97 Å². The minimum atomic E-state index is -1.10. The van der Waals surface area contributed by atoms with Gasteiger partial charge in [-0.15, -0.1) is 0 Å². The molecule has 70 valence electrons. The van der Waals surface area contributed by atoms with Crippen molar-refractivity contribution in [2.45, 2.75) is 13.8 Å². The molecule has 0 aromatic heterocycles. The van der Waals surface area contributed by atoms with Gasteiger partial charge in [-0.2, -0.15) is 0 Å². The molecule has 2 nitrogen and oxygen atoms in total. The van der Waals surface area contributed by atoms with Gasteiger partial charge in [0.2, 0.25) is 0 Å². The first-order chi connectivity index (χ1) is 5.95. The van der Waals surface area contributed by atoms with Crippen LogP contribution < -0.4 is 0 Å². The van der Waals surface area contributed by atoms with Crippen molar-refractivity contribution in [3.63, 3.8) is 0 Å². The van der Waals surface area contributed by atoms with Crippen molar-refractivity contribution >= 4 is 21.9 Å². The molecule has 1 N–H and O–H groups in total. The van der Waals surface area contributed by atoms with Crippen molar-refractivity contribution in [2.75, 3.05) is 0 Å². The highest BCUT2D eigenvalue weighted by Crippen LogP contribution is 2.25. The van der Waals surface area contributed by atoms with Crippen molar-refractivity contribution in [3.8, 4) is 0 Å². The number of hydrogen-bond acceptors (Lipinski definition) is 1. The molecule has 0 aliphatic heterocycles. The Bertz CT molecular complexity index is 374. The smallest absolute Gasteiger partial charge is 0.336 e. The summed E-state index contributed by atoms with van der Waals surface area (Å²) in [5.41, 5.74) is 1.22. The zero-order valence-electron chi connectivity index (χ0n) is 7.19. The quantitative estimate of drug-likeness (QED) is 0.828. The summed E-state index contributed by atoms with van der Waals surface area (Å²) in [5, 5.41) is 8.72. The highest BCUT2D eigenvalue weighted by molar-refractivity contribution is 9.10. The summed E-state index contributed by atoms with van der Waals surface area (Å²) < 4.78 is 13.4. The topological polar surface area (TPSA) is 37.3 Å². The molecule has 0 bridgehead atoms. The monoisotopic (exact) mass is 246 g/mol. The van der Waals surface area contributed by atoms with E-state index in [9.17, 15) is 9.18 Å². The number of halogens is 2. The molecule has 0 spiro atoms. The predicted molar refractivity (Wildman–Crippen MR) is 50.5 cm³/mol. The van der Waals surface area contributed by atoms with E-state index in [1.165, 1.54) is 0 Å². The van der Waals surface area contributed by atoms with Gasteiger partial charge in [0.15, 0.2) is 0 Å². The van der Waals surface area contributed by atoms with Crippen LogP contribution in [0.1, 0.15) is 21.5 Å². The van der Waals surface area contributed by atoms with Crippen LogP contribution >= 0.6 is 15.9 Å². The highest BCUT2D eigenvalue weighted by atomic mass is 79.9. The number of carboxylic acid groups (broad SMARTS) is 1. The van der Waals surface area contributed by atoms with Crippen LogP contribution in [-0.4, -0.2) is 11.1 Å². The zero-order chi connectivity index (χ0) is 10.2. The van der Waals surface area contributed by atoms with E-state index in [-0.39, 0.29) is 5.56 Å². The molecule has 0 saturated carbocycles. The Morgan fingerprint density at radius 3 is 2.46 bits per heavy atom. The van der Waals surface area contributed by atoms with Crippen molar-refractivity contribution < 1.29 is 14.3 Å². The van der Waals surface area contributed by atoms with Gasteiger partial charge in [0.05, 0.1) is 10.0 Å². The Morgan fingerprint density at radius 1 is 1.46 bits per heavy atom. The third kappa shape index (κ3) is 1.72. The van der Waals surface area contributed by atoms with E-state index >= 15 is 0 Å². The number of rotatable bonds is 1. The van der Waals surface area contributed by atoms with Crippen LogP contribution in [0, 0.1) is 19.7 Å². The Kier molecular flexibility index (Phi) is 2.71. The van der Waals surface area contributed by atoms with E-state index in [0.29, 0.717) is 15.6 Å². The minimum Gasteiger partial charge on any atom is -0.478 e. The summed E-state index contributed by atoms with van der Waals surface area (Å²) in [6.45, 7) is 3.33. The summed E-state index contributed by atoms with van der Waals surface area (Å²) in [6.07, 6.45) is 0. The molecular weight excluding hydrogens is 239 g/mol. The van der Waals surface area contributed by atoms with Gasteiger partial charge in [-0.3, -0.25) is 0 Å². The van der Waals surface area contributed by atoms with Crippen LogP contribution in [-0.2, 0) is 0 Å².